The molecule has 1 aromatic heterocycles. The summed E-state index contributed by atoms with van der Waals surface area (Å²) in [5.41, 5.74) is 0. The zero-order valence-electron chi connectivity index (χ0n) is 8.12. The third-order valence-corrected chi connectivity index (χ3v) is 3.66. The molecule has 0 spiro atoms. The molecule has 88 valence electrons. The summed E-state index contributed by atoms with van der Waals surface area (Å²) in [4.78, 5) is 7.69. The van der Waals surface area contributed by atoms with Crippen LogP contribution in [0.25, 0.3) is 0 Å². The number of hydrogen-bond donors (Lipinski definition) is 0. The van der Waals surface area contributed by atoms with E-state index in [9.17, 15) is 4.39 Å². The number of nitrogens with zero attached hydrogens (tertiary/aromatic N) is 2. The maximum absolute atomic E-state index is 12.9. The SMILES string of the molecule is Fc1ccc(Oc2ncnc(Cl)c2Br)c(Br)c1. The van der Waals surface area contributed by atoms with Crippen LogP contribution in [0.3, 0.4) is 0 Å². The Hall–Kier alpha value is -0.720. The minimum absolute atomic E-state index is 0.244. The van der Waals surface area contributed by atoms with Gasteiger partial charge < -0.3 is 4.74 Å². The van der Waals surface area contributed by atoms with E-state index in [1.165, 1.54) is 24.5 Å². The Morgan fingerprint density at radius 1 is 1.24 bits per heavy atom. The highest BCUT2D eigenvalue weighted by Gasteiger charge is 2.11. The number of halogens is 4. The van der Waals surface area contributed by atoms with Crippen LogP contribution in [0.4, 0.5) is 4.39 Å². The van der Waals surface area contributed by atoms with Gasteiger partial charge in [-0.1, -0.05) is 11.6 Å². The molecule has 0 saturated carbocycles. The van der Waals surface area contributed by atoms with Gasteiger partial charge in [0.2, 0.25) is 5.88 Å². The molecule has 3 nitrogen and oxygen atoms in total. The summed E-state index contributed by atoms with van der Waals surface area (Å²) in [5.74, 6) is 0.336. The smallest absolute Gasteiger partial charge is 0.238 e. The largest absolute Gasteiger partial charge is 0.437 e. The molecule has 2 rings (SSSR count). The normalized spacial score (nSPS) is 10.4. The minimum atomic E-state index is -0.357. The summed E-state index contributed by atoms with van der Waals surface area (Å²) in [5, 5.41) is 0.244. The molecular formula is C10H4Br2ClFN2O. The van der Waals surface area contributed by atoms with Crippen LogP contribution in [0.15, 0.2) is 33.5 Å². The highest BCUT2D eigenvalue weighted by molar-refractivity contribution is 9.11. The van der Waals surface area contributed by atoms with E-state index in [-0.39, 0.29) is 16.9 Å². The first-order valence-corrected chi connectivity index (χ1v) is 6.33. The minimum Gasteiger partial charge on any atom is -0.437 e. The number of rotatable bonds is 2. The number of aromatic nitrogens is 2. The number of ether oxygens (including phenoxy) is 1. The summed E-state index contributed by atoms with van der Waals surface area (Å²) in [6.45, 7) is 0. The fourth-order valence-corrected chi connectivity index (χ4v) is 1.91. The maximum Gasteiger partial charge on any atom is 0.238 e. The lowest BCUT2D eigenvalue weighted by molar-refractivity contribution is 0.453. The van der Waals surface area contributed by atoms with Crippen LogP contribution in [0.2, 0.25) is 5.15 Å². The molecule has 17 heavy (non-hydrogen) atoms. The average molecular weight is 382 g/mol. The lowest BCUT2D eigenvalue weighted by Gasteiger charge is -2.08. The second-order valence-corrected chi connectivity index (χ2v) is 4.97. The Morgan fingerprint density at radius 3 is 2.71 bits per heavy atom. The van der Waals surface area contributed by atoms with Crippen LogP contribution in [0.5, 0.6) is 11.6 Å². The van der Waals surface area contributed by atoms with Gasteiger partial charge in [-0.25, -0.2) is 14.4 Å². The van der Waals surface area contributed by atoms with Gasteiger partial charge in [0.15, 0.2) is 5.15 Å². The summed E-state index contributed by atoms with van der Waals surface area (Å²) in [6.07, 6.45) is 1.28. The molecular weight excluding hydrogens is 378 g/mol. The second kappa shape index (κ2) is 5.29. The molecule has 0 fully saturated rings. The van der Waals surface area contributed by atoms with Gasteiger partial charge in [0.25, 0.3) is 0 Å². The Labute approximate surface area is 118 Å². The predicted molar refractivity (Wildman–Crippen MR) is 68.9 cm³/mol. The first-order valence-electron chi connectivity index (χ1n) is 4.37. The summed E-state index contributed by atoms with van der Waals surface area (Å²) in [7, 11) is 0. The monoisotopic (exact) mass is 380 g/mol. The van der Waals surface area contributed by atoms with Crippen molar-refractivity contribution >= 4 is 43.5 Å². The number of hydrogen-bond acceptors (Lipinski definition) is 3. The molecule has 0 bridgehead atoms. The standard InChI is InChI=1S/C10H4Br2ClFN2O/c11-6-3-5(14)1-2-7(6)17-10-8(12)9(13)15-4-16-10/h1-4H. The van der Waals surface area contributed by atoms with Gasteiger partial charge in [0, 0.05) is 0 Å². The maximum atomic E-state index is 12.9. The van der Waals surface area contributed by atoms with Crippen LogP contribution in [0.1, 0.15) is 0 Å². The highest BCUT2D eigenvalue weighted by Crippen LogP contribution is 2.34. The Kier molecular flexibility index (Phi) is 3.96. The molecule has 0 N–H and O–H groups in total. The quantitative estimate of drug-likeness (QED) is 0.713. The van der Waals surface area contributed by atoms with Crippen LogP contribution in [-0.2, 0) is 0 Å². The van der Waals surface area contributed by atoms with E-state index in [2.05, 4.69) is 41.8 Å². The van der Waals surface area contributed by atoms with Crippen LogP contribution in [-0.4, -0.2) is 9.97 Å². The molecule has 2 aromatic rings. The lowest BCUT2D eigenvalue weighted by atomic mass is 10.3. The fraction of sp³-hybridized carbons (Fsp3) is 0. The van der Waals surface area contributed by atoms with Crippen molar-refractivity contribution in [1.29, 1.82) is 0 Å². The van der Waals surface area contributed by atoms with E-state index in [0.717, 1.165) is 0 Å². The lowest BCUT2D eigenvalue weighted by Crippen LogP contribution is -1.92. The molecule has 0 aliphatic carbocycles. The van der Waals surface area contributed by atoms with Crippen molar-refractivity contribution in [3.8, 4) is 11.6 Å². The predicted octanol–water partition coefficient (Wildman–Crippen LogP) is 4.59. The second-order valence-electron chi connectivity index (χ2n) is 2.96. The molecule has 7 heteroatoms. The zero-order valence-corrected chi connectivity index (χ0v) is 12.1. The molecule has 0 unspecified atom stereocenters. The van der Waals surface area contributed by atoms with Gasteiger partial charge in [0.05, 0.1) is 4.47 Å². The van der Waals surface area contributed by atoms with E-state index in [1.54, 1.807) is 0 Å². The molecule has 1 aromatic carbocycles. The van der Waals surface area contributed by atoms with Gasteiger partial charge in [-0.05, 0) is 50.1 Å². The van der Waals surface area contributed by atoms with E-state index >= 15 is 0 Å². The molecule has 0 saturated heterocycles. The van der Waals surface area contributed by atoms with Gasteiger partial charge in [0.1, 0.15) is 22.4 Å². The van der Waals surface area contributed by atoms with E-state index in [0.29, 0.717) is 14.7 Å². The van der Waals surface area contributed by atoms with Crippen molar-refractivity contribution in [2.75, 3.05) is 0 Å². The molecule has 0 amide bonds. The number of benzene rings is 1. The summed E-state index contributed by atoms with van der Waals surface area (Å²) in [6, 6.07) is 4.07. The molecule has 0 aliphatic heterocycles. The molecule has 0 atom stereocenters. The van der Waals surface area contributed by atoms with Crippen molar-refractivity contribution in [3.05, 3.63) is 44.4 Å². The first kappa shape index (κ1) is 12.7. The Morgan fingerprint density at radius 2 is 2.00 bits per heavy atom. The third-order valence-electron chi connectivity index (χ3n) is 1.82. The van der Waals surface area contributed by atoms with E-state index in [1.807, 2.05) is 0 Å². The van der Waals surface area contributed by atoms with Crippen LogP contribution in [0, 0.1) is 5.82 Å². The van der Waals surface area contributed by atoms with E-state index in [4.69, 9.17) is 16.3 Å². The fourth-order valence-electron chi connectivity index (χ4n) is 1.07. The van der Waals surface area contributed by atoms with Crippen LogP contribution < -0.4 is 4.74 Å². The molecule has 0 aliphatic rings. The van der Waals surface area contributed by atoms with Crippen molar-refractivity contribution < 1.29 is 9.13 Å². The highest BCUT2D eigenvalue weighted by atomic mass is 79.9. The Bertz CT molecular complexity index is 568. The van der Waals surface area contributed by atoms with Crippen molar-refractivity contribution in [2.45, 2.75) is 0 Å². The summed E-state index contributed by atoms with van der Waals surface area (Å²) >= 11 is 12.2. The van der Waals surface area contributed by atoms with Gasteiger partial charge in [-0.3, -0.25) is 0 Å². The van der Waals surface area contributed by atoms with Crippen molar-refractivity contribution in [1.82, 2.24) is 9.97 Å². The van der Waals surface area contributed by atoms with Gasteiger partial charge in [-0.2, -0.15) is 0 Å². The summed E-state index contributed by atoms with van der Waals surface area (Å²) < 4.78 is 19.3. The Balaban J connectivity index is 2.35. The first-order chi connectivity index (χ1) is 8.08. The third kappa shape index (κ3) is 2.94. The van der Waals surface area contributed by atoms with Crippen LogP contribution >= 0.6 is 43.5 Å². The zero-order chi connectivity index (χ0) is 12.4. The van der Waals surface area contributed by atoms with Gasteiger partial charge in [-0.15, -0.1) is 0 Å². The van der Waals surface area contributed by atoms with Gasteiger partial charge >= 0.3 is 0 Å². The van der Waals surface area contributed by atoms with Crippen molar-refractivity contribution in [3.63, 3.8) is 0 Å². The van der Waals surface area contributed by atoms with E-state index < -0.39 is 0 Å². The molecule has 0 radical (unpaired) electrons. The molecule has 1 heterocycles. The average Bonchev–Trinajstić information content (AvgIpc) is 2.28. The topological polar surface area (TPSA) is 35.0 Å². The van der Waals surface area contributed by atoms with Crippen molar-refractivity contribution in [2.24, 2.45) is 0 Å².